The summed E-state index contributed by atoms with van der Waals surface area (Å²) in [6.07, 6.45) is 1.92. The molecule has 0 saturated heterocycles. The fraction of sp³-hybridized carbons (Fsp3) is 0.333. The monoisotopic (exact) mass is 210 g/mol. The molecule has 1 atom stereocenters. The highest BCUT2D eigenvalue weighted by atomic mass is 35.5. The van der Waals surface area contributed by atoms with Gasteiger partial charge in [-0.25, -0.2) is 0 Å². The average molecular weight is 211 g/mol. The van der Waals surface area contributed by atoms with Crippen LogP contribution in [0.25, 0.3) is 0 Å². The molecular weight excluding hydrogens is 196 g/mol. The molecule has 1 rings (SSSR count). The van der Waals surface area contributed by atoms with Gasteiger partial charge in [-0.3, -0.25) is 0 Å². The number of ether oxygens (including phenoxy) is 1. The van der Waals surface area contributed by atoms with Crippen LogP contribution in [0.2, 0.25) is 0 Å². The van der Waals surface area contributed by atoms with Gasteiger partial charge in [0.2, 0.25) is 0 Å². The van der Waals surface area contributed by atoms with E-state index in [4.69, 9.17) is 16.3 Å². The Bertz CT molecular complexity index is 296. The Labute approximate surface area is 90.3 Å². The number of rotatable bonds is 5. The number of hydrogen-bond acceptors (Lipinski definition) is 1. The minimum absolute atomic E-state index is 0.356. The van der Waals surface area contributed by atoms with Crippen LogP contribution in [-0.2, 0) is 0 Å². The van der Waals surface area contributed by atoms with Crippen LogP contribution in [0.5, 0.6) is 5.75 Å². The number of allylic oxidation sites excluding steroid dienone is 1. The number of halogens is 1. The van der Waals surface area contributed by atoms with Crippen LogP contribution in [-0.4, -0.2) is 12.5 Å². The molecule has 0 aliphatic rings. The molecule has 1 aromatic rings. The van der Waals surface area contributed by atoms with Crippen molar-refractivity contribution in [3.63, 3.8) is 0 Å². The standard InChI is InChI=1S/C12H15ClO/c1-3-10(2)11-5-4-6-12(9-11)14-8-7-13/h3-6,9-10H,1,7-8H2,2H3. The van der Waals surface area contributed by atoms with Gasteiger partial charge in [0.25, 0.3) is 0 Å². The lowest BCUT2D eigenvalue weighted by Gasteiger charge is -2.09. The average Bonchev–Trinajstić information content (AvgIpc) is 2.25. The first-order valence-electron chi connectivity index (χ1n) is 4.69. The summed E-state index contributed by atoms with van der Waals surface area (Å²) in [5.74, 6) is 1.74. The smallest absolute Gasteiger partial charge is 0.119 e. The molecule has 0 heterocycles. The van der Waals surface area contributed by atoms with Crippen LogP contribution in [0.3, 0.4) is 0 Å². The van der Waals surface area contributed by atoms with Crippen LogP contribution < -0.4 is 4.74 Å². The molecular formula is C12H15ClO. The van der Waals surface area contributed by atoms with Crippen molar-refractivity contribution in [1.29, 1.82) is 0 Å². The molecule has 0 spiro atoms. The Balaban J connectivity index is 2.73. The molecule has 0 saturated carbocycles. The SMILES string of the molecule is C=CC(C)c1cccc(OCCCl)c1. The molecule has 0 radical (unpaired) electrons. The zero-order chi connectivity index (χ0) is 10.4. The van der Waals surface area contributed by atoms with E-state index in [9.17, 15) is 0 Å². The van der Waals surface area contributed by atoms with Crippen molar-refractivity contribution < 1.29 is 4.74 Å². The molecule has 0 N–H and O–H groups in total. The Morgan fingerprint density at radius 1 is 1.57 bits per heavy atom. The van der Waals surface area contributed by atoms with Gasteiger partial charge in [-0.15, -0.1) is 18.2 Å². The molecule has 1 nitrogen and oxygen atoms in total. The minimum atomic E-state index is 0.356. The summed E-state index contributed by atoms with van der Waals surface area (Å²) in [7, 11) is 0. The van der Waals surface area contributed by atoms with E-state index in [0.717, 1.165) is 5.75 Å². The van der Waals surface area contributed by atoms with Crippen molar-refractivity contribution in [1.82, 2.24) is 0 Å². The zero-order valence-corrected chi connectivity index (χ0v) is 9.13. The normalized spacial score (nSPS) is 12.1. The predicted molar refractivity (Wildman–Crippen MR) is 61.3 cm³/mol. The lowest BCUT2D eigenvalue weighted by atomic mass is 10.0. The van der Waals surface area contributed by atoms with E-state index in [1.54, 1.807) is 0 Å². The van der Waals surface area contributed by atoms with Crippen LogP contribution in [0, 0.1) is 0 Å². The Hall–Kier alpha value is -0.950. The fourth-order valence-electron chi connectivity index (χ4n) is 1.18. The Morgan fingerprint density at radius 3 is 3.00 bits per heavy atom. The third-order valence-corrected chi connectivity index (χ3v) is 2.24. The molecule has 1 unspecified atom stereocenters. The maximum absolute atomic E-state index is 5.54. The van der Waals surface area contributed by atoms with Crippen molar-refractivity contribution in [2.45, 2.75) is 12.8 Å². The van der Waals surface area contributed by atoms with E-state index in [1.165, 1.54) is 5.56 Å². The summed E-state index contributed by atoms with van der Waals surface area (Å²) in [5, 5.41) is 0. The third kappa shape index (κ3) is 3.08. The van der Waals surface area contributed by atoms with Gasteiger partial charge in [0.1, 0.15) is 12.4 Å². The lowest BCUT2D eigenvalue weighted by molar-refractivity contribution is 0.342. The van der Waals surface area contributed by atoms with Gasteiger partial charge in [-0.2, -0.15) is 0 Å². The lowest BCUT2D eigenvalue weighted by Crippen LogP contribution is -1.98. The van der Waals surface area contributed by atoms with Gasteiger partial charge < -0.3 is 4.74 Å². The molecule has 2 heteroatoms. The van der Waals surface area contributed by atoms with E-state index < -0.39 is 0 Å². The molecule has 14 heavy (non-hydrogen) atoms. The van der Waals surface area contributed by atoms with E-state index in [1.807, 2.05) is 24.3 Å². The van der Waals surface area contributed by atoms with Gasteiger partial charge in [-0.05, 0) is 23.6 Å². The van der Waals surface area contributed by atoms with E-state index in [2.05, 4.69) is 19.6 Å². The fourth-order valence-corrected chi connectivity index (χ4v) is 1.26. The van der Waals surface area contributed by atoms with Crippen LogP contribution in [0.1, 0.15) is 18.4 Å². The first-order valence-corrected chi connectivity index (χ1v) is 5.22. The summed E-state index contributed by atoms with van der Waals surface area (Å²) in [5.41, 5.74) is 1.21. The van der Waals surface area contributed by atoms with E-state index in [-0.39, 0.29) is 0 Å². The number of alkyl halides is 1. The molecule has 0 aliphatic carbocycles. The maximum Gasteiger partial charge on any atom is 0.119 e. The minimum Gasteiger partial charge on any atom is -0.492 e. The first-order chi connectivity index (χ1) is 6.77. The second-order valence-corrected chi connectivity index (χ2v) is 3.51. The zero-order valence-electron chi connectivity index (χ0n) is 8.37. The number of benzene rings is 1. The van der Waals surface area contributed by atoms with Crippen LogP contribution in [0.15, 0.2) is 36.9 Å². The molecule has 0 amide bonds. The third-order valence-electron chi connectivity index (χ3n) is 2.08. The van der Waals surface area contributed by atoms with Crippen molar-refractivity contribution >= 4 is 11.6 Å². The van der Waals surface area contributed by atoms with E-state index >= 15 is 0 Å². The second kappa shape index (κ2) is 5.71. The van der Waals surface area contributed by atoms with Gasteiger partial charge in [0.15, 0.2) is 0 Å². The summed E-state index contributed by atoms with van der Waals surface area (Å²) in [6.45, 7) is 6.42. The van der Waals surface area contributed by atoms with Crippen molar-refractivity contribution in [3.8, 4) is 5.75 Å². The van der Waals surface area contributed by atoms with Crippen molar-refractivity contribution in [2.75, 3.05) is 12.5 Å². The van der Waals surface area contributed by atoms with Crippen LogP contribution >= 0.6 is 11.6 Å². The molecule has 0 aromatic heterocycles. The molecule has 0 aliphatic heterocycles. The summed E-state index contributed by atoms with van der Waals surface area (Å²) >= 11 is 5.54. The highest BCUT2D eigenvalue weighted by molar-refractivity contribution is 6.17. The molecule has 76 valence electrons. The summed E-state index contributed by atoms with van der Waals surface area (Å²) in [6, 6.07) is 8.02. The largest absolute Gasteiger partial charge is 0.492 e. The highest BCUT2D eigenvalue weighted by Gasteiger charge is 2.01. The van der Waals surface area contributed by atoms with Crippen LogP contribution in [0.4, 0.5) is 0 Å². The van der Waals surface area contributed by atoms with Crippen molar-refractivity contribution in [2.24, 2.45) is 0 Å². The molecule has 0 bridgehead atoms. The summed E-state index contributed by atoms with van der Waals surface area (Å²) in [4.78, 5) is 0. The highest BCUT2D eigenvalue weighted by Crippen LogP contribution is 2.21. The van der Waals surface area contributed by atoms with Gasteiger partial charge in [-0.1, -0.05) is 25.1 Å². The molecule has 0 fully saturated rings. The van der Waals surface area contributed by atoms with Gasteiger partial charge >= 0.3 is 0 Å². The molecule has 1 aromatic carbocycles. The topological polar surface area (TPSA) is 9.23 Å². The Morgan fingerprint density at radius 2 is 2.36 bits per heavy atom. The van der Waals surface area contributed by atoms with Gasteiger partial charge in [0.05, 0.1) is 5.88 Å². The maximum atomic E-state index is 5.54. The summed E-state index contributed by atoms with van der Waals surface area (Å²) < 4.78 is 5.42. The quantitative estimate of drug-likeness (QED) is 0.533. The first kappa shape index (κ1) is 11.1. The van der Waals surface area contributed by atoms with Crippen molar-refractivity contribution in [3.05, 3.63) is 42.5 Å². The van der Waals surface area contributed by atoms with E-state index in [0.29, 0.717) is 18.4 Å². The second-order valence-electron chi connectivity index (χ2n) is 3.13. The predicted octanol–water partition coefficient (Wildman–Crippen LogP) is 3.59. The number of hydrogen-bond donors (Lipinski definition) is 0. The Kier molecular flexibility index (Phi) is 4.54. The van der Waals surface area contributed by atoms with Gasteiger partial charge in [0, 0.05) is 0 Å².